The molecule has 97 valence electrons. The van der Waals surface area contributed by atoms with Gasteiger partial charge in [0.15, 0.2) is 0 Å². The van der Waals surface area contributed by atoms with Crippen LogP contribution in [0, 0.1) is 0 Å². The summed E-state index contributed by atoms with van der Waals surface area (Å²) in [7, 11) is 0. The van der Waals surface area contributed by atoms with E-state index in [9.17, 15) is 39.5 Å². The molecule has 0 aromatic rings. The molecule has 0 spiro atoms. The molecule has 0 aliphatic heterocycles. The molecule has 0 aromatic carbocycles. The van der Waals surface area contributed by atoms with Crippen LogP contribution in [0.3, 0.4) is 0 Å². The van der Waals surface area contributed by atoms with Crippen LogP contribution in [0.2, 0.25) is 0 Å². The predicted molar refractivity (Wildman–Crippen MR) is 41.2 cm³/mol. The average Bonchev–Trinajstić information content (AvgIpc) is 1.70. The second-order valence-electron chi connectivity index (χ2n) is 1.89. The van der Waals surface area contributed by atoms with Crippen molar-refractivity contribution in [1.29, 1.82) is 0 Å². The van der Waals surface area contributed by atoms with Gasteiger partial charge in [0.1, 0.15) is 0 Å². The van der Waals surface area contributed by atoms with Gasteiger partial charge in [-0.1, -0.05) is 0 Å². The van der Waals surface area contributed by atoms with E-state index >= 15 is 0 Å². The molecule has 0 bridgehead atoms. The van der Waals surface area contributed by atoms with Crippen LogP contribution < -0.4 is 0 Å². The first kappa shape index (κ1) is 17.1. The first-order valence-corrected chi connectivity index (χ1v) is 14.4. The number of hydrogen-bond acceptors (Lipinski definition) is 0. The fourth-order valence-corrected chi connectivity index (χ4v) is 28.0. The van der Waals surface area contributed by atoms with Crippen molar-refractivity contribution < 1.29 is 39.5 Å². The third-order valence-electron chi connectivity index (χ3n) is 0.597. The van der Waals surface area contributed by atoms with Crippen molar-refractivity contribution in [1.82, 2.24) is 0 Å². The van der Waals surface area contributed by atoms with Crippen molar-refractivity contribution in [2.45, 2.75) is 15.2 Å². The van der Waals surface area contributed by atoms with Gasteiger partial charge in [0.25, 0.3) is 0 Å². The summed E-state index contributed by atoms with van der Waals surface area (Å²) >= 11 is -7.62. The van der Waals surface area contributed by atoms with E-state index in [0.29, 0.717) is 0 Å². The third-order valence-corrected chi connectivity index (χ3v) is 25.7. The van der Waals surface area contributed by atoms with Crippen LogP contribution in [-0.2, 0) is 0 Å². The molecular weight excluding hydrogens is 472 g/mol. The second kappa shape index (κ2) is 5.86. The molecule has 0 aliphatic rings. The van der Waals surface area contributed by atoms with E-state index in [1.807, 2.05) is 0 Å². The molecule has 0 rings (SSSR count). The van der Waals surface area contributed by atoms with Gasteiger partial charge in [0, 0.05) is 0 Å². The van der Waals surface area contributed by atoms with Gasteiger partial charge in [0.05, 0.1) is 0 Å². The number of halogens is 9. The zero-order chi connectivity index (χ0) is 13.2. The average molecular weight is 472 g/mol. The van der Waals surface area contributed by atoms with Gasteiger partial charge >= 0.3 is 102 Å². The quantitative estimate of drug-likeness (QED) is 0.434. The topological polar surface area (TPSA) is 0 Å². The van der Waals surface area contributed by atoms with E-state index in [1.54, 1.807) is 0 Å². The molecular formula is C3F9Se3Si. The molecule has 0 atom stereocenters. The first-order valence-electron chi connectivity index (χ1n) is 2.93. The zero-order valence-corrected chi connectivity index (χ0v) is 12.8. The molecule has 16 heavy (non-hydrogen) atoms. The van der Waals surface area contributed by atoms with Gasteiger partial charge in [-0.2, -0.15) is 0 Å². The van der Waals surface area contributed by atoms with Crippen molar-refractivity contribution in [3.05, 3.63) is 0 Å². The summed E-state index contributed by atoms with van der Waals surface area (Å²) in [6.45, 7) is 0. The van der Waals surface area contributed by atoms with Gasteiger partial charge in [0.2, 0.25) is 0 Å². The fourth-order valence-electron chi connectivity index (χ4n) is 0.346. The minimum absolute atomic E-state index is 2.54. The Kier molecular flexibility index (Phi) is 6.28. The van der Waals surface area contributed by atoms with Gasteiger partial charge in [-0.15, -0.1) is 0 Å². The van der Waals surface area contributed by atoms with E-state index in [1.165, 1.54) is 0 Å². The zero-order valence-electron chi connectivity index (χ0n) is 6.63. The summed E-state index contributed by atoms with van der Waals surface area (Å²) in [4.78, 5) is 0. The van der Waals surface area contributed by atoms with Crippen molar-refractivity contribution in [3.8, 4) is 0 Å². The Bertz CT molecular complexity index is 179. The van der Waals surface area contributed by atoms with E-state index in [4.69, 9.17) is 0 Å². The summed E-state index contributed by atoms with van der Waals surface area (Å²) in [5.74, 6) is 0. The molecule has 13 heteroatoms. The SMILES string of the molecule is FC(F)(F)[Se][Si]([Se]C(F)(F)F)[Se]C(F)(F)F. The number of hydrogen-bond donors (Lipinski definition) is 0. The Balaban J connectivity index is 4.53. The number of rotatable bonds is 3. The summed E-state index contributed by atoms with van der Waals surface area (Å²) in [6.07, 6.45) is 0. The molecule has 0 saturated heterocycles. The van der Waals surface area contributed by atoms with Crippen molar-refractivity contribution in [3.63, 3.8) is 0 Å². The van der Waals surface area contributed by atoms with Gasteiger partial charge < -0.3 is 0 Å². The van der Waals surface area contributed by atoms with Crippen LogP contribution >= 0.6 is 0 Å². The minimum atomic E-state index is -4.90. The van der Waals surface area contributed by atoms with Gasteiger partial charge in [-0.25, -0.2) is 0 Å². The summed E-state index contributed by atoms with van der Waals surface area (Å²) in [5.41, 5.74) is 0. The number of alkyl halides is 9. The Morgan fingerprint density at radius 1 is 0.500 bits per heavy atom. The normalized spacial score (nSPS) is 14.6. The first-order chi connectivity index (χ1) is 6.79. The molecule has 0 saturated carbocycles. The van der Waals surface area contributed by atoms with E-state index < -0.39 is 62.8 Å². The van der Waals surface area contributed by atoms with E-state index in [-0.39, 0.29) is 0 Å². The molecule has 0 nitrogen and oxygen atoms in total. The van der Waals surface area contributed by atoms with E-state index in [2.05, 4.69) is 0 Å². The van der Waals surface area contributed by atoms with Crippen molar-refractivity contribution >= 4 is 47.6 Å². The Hall–Kier alpha value is 1.15. The molecule has 0 unspecified atom stereocenters. The molecule has 0 aliphatic carbocycles. The predicted octanol–water partition coefficient (Wildman–Crippen LogP) is 1.64. The fraction of sp³-hybridized carbons (Fsp3) is 1.00. The van der Waals surface area contributed by atoms with Crippen LogP contribution in [-0.4, -0.2) is 62.8 Å². The monoisotopic (exact) mass is 475 g/mol. The van der Waals surface area contributed by atoms with Crippen LogP contribution in [0.5, 0.6) is 0 Å². The van der Waals surface area contributed by atoms with Crippen LogP contribution in [0.4, 0.5) is 39.5 Å². The Morgan fingerprint density at radius 3 is 0.812 bits per heavy atom. The summed E-state index contributed by atoms with van der Waals surface area (Å²) in [5, 5.41) is -14.7. The van der Waals surface area contributed by atoms with Crippen LogP contribution in [0.15, 0.2) is 0 Å². The molecule has 0 heterocycles. The standard InChI is InChI=1S/C3F9Se3Si/c4-1(5,6)13-16(14-2(7,8)9)15-3(10,11)12. The van der Waals surface area contributed by atoms with Crippen molar-refractivity contribution in [2.75, 3.05) is 0 Å². The molecule has 0 fully saturated rings. The third kappa shape index (κ3) is 11.6. The van der Waals surface area contributed by atoms with Crippen molar-refractivity contribution in [2.24, 2.45) is 0 Å². The van der Waals surface area contributed by atoms with E-state index in [0.717, 1.165) is 0 Å². The Labute approximate surface area is 102 Å². The summed E-state index contributed by atoms with van der Waals surface area (Å²) < 4.78 is 103. The second-order valence-corrected chi connectivity index (χ2v) is 29.3. The van der Waals surface area contributed by atoms with Crippen LogP contribution in [0.25, 0.3) is 0 Å². The maximum absolute atomic E-state index is 11.8. The maximum atomic E-state index is 11.8. The summed E-state index contributed by atoms with van der Waals surface area (Å²) in [6, 6.07) is 0. The van der Waals surface area contributed by atoms with Gasteiger partial charge in [-0.05, 0) is 0 Å². The van der Waals surface area contributed by atoms with Crippen LogP contribution in [0.1, 0.15) is 0 Å². The molecule has 0 aromatic heterocycles. The molecule has 0 N–H and O–H groups in total. The van der Waals surface area contributed by atoms with Gasteiger partial charge in [-0.3, -0.25) is 0 Å². The Morgan fingerprint density at radius 2 is 0.688 bits per heavy atom. The molecule has 1 radical (unpaired) electrons. The molecule has 0 amide bonds.